The van der Waals surface area contributed by atoms with Crippen LogP contribution in [0.4, 0.5) is 14.5 Å². The lowest BCUT2D eigenvalue weighted by molar-refractivity contribution is -0.0980. The Hall–Kier alpha value is -8.25. The normalized spacial score (nSPS) is 10.5. The second kappa shape index (κ2) is 28.9. The number of aliphatic hydroxyl groups excluding tert-OH is 1. The molecule has 0 aliphatic rings. The molecule has 7 aromatic heterocycles. The highest BCUT2D eigenvalue weighted by atomic mass is 35.5. The van der Waals surface area contributed by atoms with Gasteiger partial charge in [0, 0.05) is 16.8 Å². The molecule has 0 bridgehead atoms. The molecule has 0 fully saturated rings. The molecule has 0 aliphatic carbocycles. The molecule has 0 radical (unpaired) electrons. The highest BCUT2D eigenvalue weighted by molar-refractivity contribution is 7.72. The lowest BCUT2D eigenvalue weighted by Crippen LogP contribution is -2.01. The number of para-hydroxylation sites is 2. The molecule has 0 amide bonds. The lowest BCUT2D eigenvalue weighted by atomic mass is 10.2. The maximum atomic E-state index is 11.9. The van der Waals surface area contributed by atoms with E-state index >= 15 is 0 Å². The largest absolute Gasteiger partial charge is 0.435 e. The number of anilines is 1. The second-order valence-corrected chi connectivity index (χ2v) is 20.6. The van der Waals surface area contributed by atoms with E-state index in [1.54, 1.807) is 6.07 Å². The third-order valence-electron chi connectivity index (χ3n) is 11.3. The van der Waals surface area contributed by atoms with E-state index in [0.717, 1.165) is 83.0 Å². The number of hydrogen-bond donors (Lipinski definition) is 16. The maximum Gasteiger partial charge on any atom is 0.387 e. The molecule has 28 heteroatoms. The SMILES string of the molecule is C=O.Cc1ccc2[nH]c(=S)[nH]c2c1.Cc1ccc2[nH]c(=S)[nH]c2c1.FC(F)Oc1ccc2[nH]c(=S)[nH]c2c1.Nc1ccc2[nH]c(=S)[nH]c2c1.OCc1ccc2[nH]c(=S)[nH]c2c1.S=c1[nH]c2ccc(Cl)cc2[nH]1.S=c1[nH]c2ccccc2[nH]1. The zero-order chi connectivity index (χ0) is 59.0. The van der Waals surface area contributed by atoms with Gasteiger partial charge in [-0.3, -0.25) is 0 Å². The Kier molecular flexibility index (Phi) is 21.7. The number of carbonyl (C=O) groups is 1. The van der Waals surface area contributed by atoms with E-state index in [0.29, 0.717) is 43.9 Å². The van der Waals surface area contributed by atoms with Crippen LogP contribution in [0.3, 0.4) is 0 Å². The molecule has 82 heavy (non-hydrogen) atoms. The Bertz CT molecular complexity index is 4480. The van der Waals surface area contributed by atoms with Crippen LogP contribution in [0, 0.1) is 47.2 Å². The summed E-state index contributed by atoms with van der Waals surface area (Å²) in [6, 6.07) is 41.5. The molecule has 0 spiro atoms. The number of halogens is 3. The molecule has 17 N–H and O–H groups in total. The molecule has 18 nitrogen and oxygen atoms in total. The standard InChI is InChI=1S/C8H6F2N2OS.C8H8N2OS.2C8H8N2S.C7H5ClN2S.C7H7N3S.C7H6N2S.CH2O/c9-7(10)13-4-1-2-5-6(3-4)12-8(14)11-5;11-4-5-1-2-6-7(3-5)10-8(12)9-6;2*1-5-2-3-6-7(4-5)10-8(11)9-6;2*8-4-1-2-5-6(3-4)10-7(11)9-5;10-7-8-5-3-1-2-4-6(5)9-7;1-2/h1-3,7H,(H2,11,12,14);1-3,11H,4H2,(H2,9,10,12);2*2-4H,1H3,(H2,9,10,11);1-3H,(H2,9,10,11);1-3H,8H2,(H2,9,10,11);1-4H,(H2,8,9,10);1H2. The number of aliphatic hydroxyl groups is 1. The van der Waals surface area contributed by atoms with Crippen LogP contribution in [0.5, 0.6) is 5.75 Å². The van der Waals surface area contributed by atoms with Crippen LogP contribution in [0.15, 0.2) is 133 Å². The van der Waals surface area contributed by atoms with Gasteiger partial charge in [0.2, 0.25) is 0 Å². The predicted octanol–water partition coefficient (Wildman–Crippen LogP) is 16.3. The van der Waals surface area contributed by atoms with Gasteiger partial charge in [-0.25, -0.2) is 0 Å². The molecular weight excluding hydrogens is 1200 g/mol. The topological polar surface area (TPSA) is 294 Å². The molecule has 0 saturated heterocycles. The van der Waals surface area contributed by atoms with Gasteiger partial charge in [-0.05, 0) is 213 Å². The number of aryl methyl sites for hydroxylation is 2. The summed E-state index contributed by atoms with van der Waals surface area (Å²) < 4.78 is 32.3. The molecule has 7 aromatic carbocycles. The van der Waals surface area contributed by atoms with Crippen LogP contribution in [0.2, 0.25) is 5.02 Å². The molecule has 14 rings (SSSR count). The highest BCUT2D eigenvalue weighted by Gasteiger charge is 2.06. The van der Waals surface area contributed by atoms with Crippen molar-refractivity contribution < 1.29 is 23.4 Å². The summed E-state index contributed by atoms with van der Waals surface area (Å²) in [5, 5.41) is 9.56. The van der Waals surface area contributed by atoms with Gasteiger partial charge in [0.05, 0.1) is 83.8 Å². The Morgan fingerprint density at radius 3 is 1.13 bits per heavy atom. The number of imidazole rings is 7. The first-order chi connectivity index (χ1) is 39.3. The Morgan fingerprint density at radius 2 is 0.732 bits per heavy atom. The van der Waals surface area contributed by atoms with Gasteiger partial charge in [0.1, 0.15) is 12.5 Å². The smallest absolute Gasteiger partial charge is 0.387 e. The Morgan fingerprint density at radius 1 is 0.427 bits per heavy atom. The number of fused-ring (bicyclic) bond motifs is 7. The van der Waals surface area contributed by atoms with E-state index in [4.69, 9.17) is 113 Å². The van der Waals surface area contributed by atoms with Gasteiger partial charge < -0.3 is 90.1 Å². The van der Waals surface area contributed by atoms with Crippen LogP contribution in [-0.2, 0) is 11.4 Å². The van der Waals surface area contributed by atoms with E-state index in [1.165, 1.54) is 23.3 Å². The number of rotatable bonds is 3. The maximum absolute atomic E-state index is 11.9. The molecule has 0 unspecified atom stereocenters. The third-order valence-corrected chi connectivity index (χ3v) is 12.9. The van der Waals surface area contributed by atoms with Crippen LogP contribution in [0.1, 0.15) is 16.7 Å². The zero-order valence-electron chi connectivity index (χ0n) is 43.0. The summed E-state index contributed by atoms with van der Waals surface area (Å²) in [4.78, 5) is 49.8. The molecule has 0 atom stereocenters. The zero-order valence-corrected chi connectivity index (χ0v) is 49.5. The van der Waals surface area contributed by atoms with Crippen molar-refractivity contribution in [2.75, 3.05) is 5.73 Å². The van der Waals surface area contributed by atoms with Crippen molar-refractivity contribution in [2.24, 2.45) is 0 Å². The number of ether oxygens (including phenoxy) is 1. The molecule has 14 aromatic rings. The van der Waals surface area contributed by atoms with E-state index in [-0.39, 0.29) is 12.4 Å². The molecule has 0 aliphatic heterocycles. The summed E-state index contributed by atoms with van der Waals surface area (Å²) in [5.41, 5.74) is 23.3. The quantitative estimate of drug-likeness (QED) is 0.0583. The number of aromatic amines is 14. The first-order valence-electron chi connectivity index (χ1n) is 24.0. The summed E-state index contributed by atoms with van der Waals surface area (Å²) in [6.45, 7) is 3.36. The van der Waals surface area contributed by atoms with Gasteiger partial charge in [0.25, 0.3) is 0 Å². The lowest BCUT2D eigenvalue weighted by Gasteiger charge is -2.02. The first kappa shape index (κ1) is 61.4. The van der Waals surface area contributed by atoms with Gasteiger partial charge in [-0.1, -0.05) is 41.9 Å². The van der Waals surface area contributed by atoms with E-state index in [9.17, 15) is 8.78 Å². The average Bonchev–Trinajstić information content (AvgIpc) is 4.35. The molecule has 422 valence electrons. The van der Waals surface area contributed by atoms with Crippen LogP contribution >= 0.6 is 97.1 Å². The summed E-state index contributed by atoms with van der Waals surface area (Å²) in [7, 11) is 0. The minimum Gasteiger partial charge on any atom is -0.435 e. The number of aromatic nitrogens is 14. The third kappa shape index (κ3) is 17.6. The van der Waals surface area contributed by atoms with Gasteiger partial charge in [0.15, 0.2) is 33.4 Å². The highest BCUT2D eigenvalue weighted by Crippen LogP contribution is 2.21. The first-order valence-corrected chi connectivity index (χ1v) is 27.2. The number of carbonyl (C=O) groups excluding carboxylic acids is 1. The van der Waals surface area contributed by atoms with Crippen molar-refractivity contribution in [3.8, 4) is 5.75 Å². The second-order valence-electron chi connectivity index (χ2n) is 17.3. The summed E-state index contributed by atoms with van der Waals surface area (Å²) in [6.07, 6.45) is 0. The fourth-order valence-electron chi connectivity index (χ4n) is 7.69. The van der Waals surface area contributed by atoms with Crippen molar-refractivity contribution in [1.82, 2.24) is 69.8 Å². The fourth-order valence-corrected chi connectivity index (χ4v) is 9.40. The number of hydrogen-bond acceptors (Lipinski definition) is 11. The van der Waals surface area contributed by atoms with Crippen LogP contribution in [-0.4, -0.2) is 88.3 Å². The molecule has 0 saturated carbocycles. The Labute approximate surface area is 503 Å². The minimum absolute atomic E-state index is 0.0573. The van der Waals surface area contributed by atoms with Crippen molar-refractivity contribution in [3.63, 3.8) is 0 Å². The van der Waals surface area contributed by atoms with Crippen LogP contribution < -0.4 is 10.5 Å². The fraction of sp³-hybridized carbons (Fsp3) is 0.0741. The number of nitrogens with one attached hydrogen (secondary N) is 14. The Balaban J connectivity index is 0.000000137. The monoisotopic (exact) mass is 1250 g/mol. The molecular formula is C54H50ClF2N15O3S7. The minimum atomic E-state index is -2.81. The number of nitrogen functional groups attached to an aromatic ring is 1. The van der Waals surface area contributed by atoms with Crippen molar-refractivity contribution in [1.29, 1.82) is 0 Å². The summed E-state index contributed by atoms with van der Waals surface area (Å²) >= 11 is 40.1. The van der Waals surface area contributed by atoms with Gasteiger partial charge >= 0.3 is 6.61 Å². The van der Waals surface area contributed by atoms with E-state index < -0.39 is 6.61 Å². The van der Waals surface area contributed by atoms with E-state index in [1.807, 2.05) is 97.8 Å². The number of H-pyrrole nitrogens is 14. The van der Waals surface area contributed by atoms with Crippen molar-refractivity contribution >= 4 is 187 Å². The van der Waals surface area contributed by atoms with Crippen LogP contribution in [0.25, 0.3) is 77.2 Å². The molecule has 7 heterocycles. The number of nitrogens with two attached hydrogens (primary N) is 1. The number of benzene rings is 7. The van der Waals surface area contributed by atoms with Crippen molar-refractivity contribution in [3.05, 3.63) is 189 Å². The average molecular weight is 1260 g/mol. The predicted molar refractivity (Wildman–Crippen MR) is 343 cm³/mol. The van der Waals surface area contributed by atoms with E-state index in [2.05, 4.69) is 113 Å². The number of alkyl halides is 2. The van der Waals surface area contributed by atoms with Gasteiger partial charge in [-0.15, -0.1) is 0 Å². The van der Waals surface area contributed by atoms with Gasteiger partial charge in [-0.2, -0.15) is 8.78 Å². The van der Waals surface area contributed by atoms with Crippen molar-refractivity contribution in [2.45, 2.75) is 27.1 Å². The summed E-state index contributed by atoms with van der Waals surface area (Å²) in [5.74, 6) is 0.109.